The topological polar surface area (TPSA) is 104 Å². The Bertz CT molecular complexity index is 1240. The van der Waals surface area contributed by atoms with Crippen molar-refractivity contribution in [2.45, 2.75) is 12.0 Å². The lowest BCUT2D eigenvalue weighted by Gasteiger charge is -2.13. The second kappa shape index (κ2) is 7.21. The summed E-state index contributed by atoms with van der Waals surface area (Å²) in [6, 6.07) is 10.4. The smallest absolute Gasteiger partial charge is 0.372 e. The number of likely N-dealkylation sites (N-methyl/N-ethyl adjacent to an activating group) is 1. The van der Waals surface area contributed by atoms with Gasteiger partial charge in [-0.25, -0.2) is 9.78 Å². The molecule has 1 atom stereocenters. The fraction of sp³-hybridized carbons (Fsp3) is 0.227. The summed E-state index contributed by atoms with van der Waals surface area (Å²) in [5.41, 5.74) is 0.579. The molecule has 1 aromatic carbocycles. The minimum absolute atomic E-state index is 0.118. The fourth-order valence-corrected chi connectivity index (χ4v) is 3.44. The number of aliphatic hydroxyl groups is 1. The van der Waals surface area contributed by atoms with Crippen LogP contribution in [-0.2, 0) is 4.79 Å². The molecule has 8 heteroatoms. The molecule has 2 aromatic heterocycles. The molecule has 1 aliphatic heterocycles. The Balaban J connectivity index is 1.78. The molecule has 0 spiro atoms. The van der Waals surface area contributed by atoms with Crippen molar-refractivity contribution in [1.29, 1.82) is 0 Å². The third-order valence-corrected chi connectivity index (χ3v) is 5.10. The number of aromatic nitrogens is 2. The number of rotatable bonds is 3. The van der Waals surface area contributed by atoms with Crippen LogP contribution in [0.3, 0.4) is 0 Å². The number of carbonyl (C=O) groups is 2. The van der Waals surface area contributed by atoms with Gasteiger partial charge in [-0.2, -0.15) is 0 Å². The Morgan fingerprint density at radius 2 is 2.10 bits per heavy atom. The van der Waals surface area contributed by atoms with Crippen LogP contribution in [0, 0.1) is 11.8 Å². The van der Waals surface area contributed by atoms with Crippen LogP contribution in [0.2, 0.25) is 0 Å². The van der Waals surface area contributed by atoms with E-state index >= 15 is 0 Å². The highest BCUT2D eigenvalue weighted by molar-refractivity contribution is 5.91. The van der Waals surface area contributed by atoms with E-state index in [9.17, 15) is 19.8 Å². The van der Waals surface area contributed by atoms with Gasteiger partial charge in [0.25, 0.3) is 5.91 Å². The summed E-state index contributed by atoms with van der Waals surface area (Å²) in [5, 5.41) is 20.0. The fourth-order valence-electron chi connectivity index (χ4n) is 3.44. The lowest BCUT2D eigenvalue weighted by atomic mass is 10.0. The molecule has 1 saturated heterocycles. The first-order valence-electron chi connectivity index (χ1n) is 9.23. The maximum absolute atomic E-state index is 12.1. The second-order valence-corrected chi connectivity index (χ2v) is 7.08. The maximum atomic E-state index is 12.1. The number of hydrogen-bond acceptors (Lipinski definition) is 5. The number of carboxylic acids is 1. The van der Waals surface area contributed by atoms with Crippen LogP contribution in [0.4, 0.5) is 0 Å². The number of fused-ring (bicyclic) bond motifs is 1. The first-order chi connectivity index (χ1) is 14.3. The SMILES string of the molecule is COc1ccn2c(C(=O)O)nc(-c3cccc(C#C[C@]4(O)CCN(C)C4=O)c3)c2c1. The molecule has 30 heavy (non-hydrogen) atoms. The third-order valence-electron chi connectivity index (χ3n) is 5.10. The zero-order valence-electron chi connectivity index (χ0n) is 16.4. The number of nitrogens with zero attached hydrogens (tertiary/aromatic N) is 3. The van der Waals surface area contributed by atoms with Crippen LogP contribution in [-0.4, -0.2) is 62.7 Å². The number of carboxylic acid groups (broad SMARTS) is 1. The van der Waals surface area contributed by atoms with Gasteiger partial charge in [-0.05, 0) is 18.2 Å². The van der Waals surface area contributed by atoms with E-state index in [0.717, 1.165) is 0 Å². The van der Waals surface area contributed by atoms with E-state index in [1.54, 1.807) is 49.6 Å². The monoisotopic (exact) mass is 405 g/mol. The van der Waals surface area contributed by atoms with Gasteiger partial charge in [0.05, 0.1) is 18.3 Å². The number of likely N-dealkylation sites (tertiary alicyclic amines) is 1. The van der Waals surface area contributed by atoms with Gasteiger partial charge < -0.3 is 19.8 Å². The van der Waals surface area contributed by atoms with E-state index < -0.39 is 17.5 Å². The summed E-state index contributed by atoms with van der Waals surface area (Å²) in [5.74, 6) is 4.44. The molecule has 0 radical (unpaired) electrons. The molecule has 3 heterocycles. The van der Waals surface area contributed by atoms with Gasteiger partial charge in [0.15, 0.2) is 0 Å². The van der Waals surface area contributed by atoms with Crippen molar-refractivity contribution in [2.24, 2.45) is 0 Å². The highest BCUT2D eigenvalue weighted by Crippen LogP contribution is 2.28. The molecule has 1 amide bonds. The number of methoxy groups -OCH3 is 1. The molecule has 2 N–H and O–H groups in total. The standard InChI is InChI=1S/C22H19N3O5/c1-24-11-9-22(29,21(24)28)8-6-14-4-3-5-15(12-14)18-17-13-16(30-2)7-10-25(17)19(23-18)20(26)27/h3-5,7,10,12-13,29H,9,11H2,1-2H3,(H,26,27)/t22-/m0/s1. The quantitative estimate of drug-likeness (QED) is 0.642. The van der Waals surface area contributed by atoms with Gasteiger partial charge in [-0.15, -0.1) is 0 Å². The lowest BCUT2D eigenvalue weighted by Crippen LogP contribution is -2.37. The second-order valence-electron chi connectivity index (χ2n) is 7.08. The predicted molar refractivity (Wildman–Crippen MR) is 108 cm³/mol. The van der Waals surface area contributed by atoms with Crippen LogP contribution in [0.15, 0.2) is 42.6 Å². The van der Waals surface area contributed by atoms with Crippen molar-refractivity contribution < 1.29 is 24.5 Å². The van der Waals surface area contributed by atoms with Gasteiger partial charge in [0.2, 0.25) is 11.4 Å². The summed E-state index contributed by atoms with van der Waals surface area (Å²) in [4.78, 5) is 29.5. The van der Waals surface area contributed by atoms with Crippen molar-refractivity contribution in [1.82, 2.24) is 14.3 Å². The molecule has 152 valence electrons. The van der Waals surface area contributed by atoms with E-state index in [0.29, 0.717) is 34.6 Å². The Kier molecular flexibility index (Phi) is 4.68. The third kappa shape index (κ3) is 3.25. The molecule has 0 bridgehead atoms. The Morgan fingerprint density at radius 1 is 1.30 bits per heavy atom. The lowest BCUT2D eigenvalue weighted by molar-refractivity contribution is -0.137. The van der Waals surface area contributed by atoms with Gasteiger partial charge >= 0.3 is 5.97 Å². The minimum Gasteiger partial charge on any atom is -0.497 e. The van der Waals surface area contributed by atoms with Crippen LogP contribution in [0.1, 0.15) is 22.6 Å². The van der Waals surface area contributed by atoms with E-state index in [1.807, 2.05) is 0 Å². The van der Waals surface area contributed by atoms with Crippen LogP contribution < -0.4 is 4.74 Å². The number of amides is 1. The summed E-state index contributed by atoms with van der Waals surface area (Å²) >= 11 is 0. The van der Waals surface area contributed by atoms with Gasteiger partial charge in [-0.3, -0.25) is 9.20 Å². The molecule has 1 fully saturated rings. The minimum atomic E-state index is -1.68. The maximum Gasteiger partial charge on any atom is 0.372 e. The van der Waals surface area contributed by atoms with Crippen molar-refractivity contribution in [3.05, 3.63) is 54.0 Å². The van der Waals surface area contributed by atoms with E-state index in [4.69, 9.17) is 4.74 Å². The van der Waals surface area contributed by atoms with Crippen LogP contribution >= 0.6 is 0 Å². The molecule has 0 aliphatic carbocycles. The van der Waals surface area contributed by atoms with Crippen molar-refractivity contribution in [2.75, 3.05) is 20.7 Å². The Morgan fingerprint density at radius 3 is 2.77 bits per heavy atom. The zero-order valence-corrected chi connectivity index (χ0v) is 16.4. The van der Waals surface area contributed by atoms with E-state index in [-0.39, 0.29) is 12.2 Å². The van der Waals surface area contributed by atoms with E-state index in [1.165, 1.54) is 16.4 Å². The molecular formula is C22H19N3O5. The molecular weight excluding hydrogens is 386 g/mol. The molecule has 3 aromatic rings. The number of aromatic carboxylic acids is 1. The Labute approximate surface area is 172 Å². The molecule has 8 nitrogen and oxygen atoms in total. The van der Waals surface area contributed by atoms with Crippen molar-refractivity contribution in [3.63, 3.8) is 0 Å². The molecule has 4 rings (SSSR count). The first kappa shape index (κ1) is 19.5. The number of benzene rings is 1. The average molecular weight is 405 g/mol. The summed E-state index contributed by atoms with van der Waals surface area (Å²) < 4.78 is 6.74. The van der Waals surface area contributed by atoms with Crippen molar-refractivity contribution in [3.8, 4) is 28.8 Å². The number of carbonyl (C=O) groups excluding carboxylic acids is 1. The van der Waals surface area contributed by atoms with Crippen LogP contribution in [0.25, 0.3) is 16.8 Å². The highest BCUT2D eigenvalue weighted by atomic mass is 16.5. The summed E-state index contributed by atoms with van der Waals surface area (Å²) in [6.07, 6.45) is 1.85. The predicted octanol–water partition coefficient (Wildman–Crippen LogP) is 1.65. The summed E-state index contributed by atoms with van der Waals surface area (Å²) in [7, 11) is 3.16. The average Bonchev–Trinajstić information content (AvgIpc) is 3.26. The summed E-state index contributed by atoms with van der Waals surface area (Å²) in [6.45, 7) is 0.449. The van der Waals surface area contributed by atoms with Gasteiger partial charge in [0, 0.05) is 43.4 Å². The van der Waals surface area contributed by atoms with Gasteiger partial charge in [0.1, 0.15) is 5.75 Å². The van der Waals surface area contributed by atoms with Gasteiger partial charge in [-0.1, -0.05) is 24.0 Å². The first-order valence-corrected chi connectivity index (χ1v) is 9.23. The molecule has 1 aliphatic rings. The largest absolute Gasteiger partial charge is 0.497 e. The zero-order chi connectivity index (χ0) is 21.5. The normalized spacial score (nSPS) is 18.4. The number of ether oxygens (including phenoxy) is 1. The Hall–Kier alpha value is -3.83. The molecule has 0 unspecified atom stereocenters. The number of imidazole rings is 1. The van der Waals surface area contributed by atoms with E-state index in [2.05, 4.69) is 16.8 Å². The number of pyridine rings is 1. The highest BCUT2D eigenvalue weighted by Gasteiger charge is 2.42. The molecule has 0 saturated carbocycles. The van der Waals surface area contributed by atoms with Crippen molar-refractivity contribution >= 4 is 17.4 Å². The van der Waals surface area contributed by atoms with Crippen LogP contribution in [0.5, 0.6) is 5.75 Å². The number of hydrogen-bond donors (Lipinski definition) is 2.